The van der Waals surface area contributed by atoms with E-state index in [1.54, 1.807) is 6.92 Å². The highest BCUT2D eigenvalue weighted by Gasteiger charge is 2.19. The number of non-ortho nitro benzene ring substituents is 1. The van der Waals surface area contributed by atoms with E-state index < -0.39 is 9.85 Å². The summed E-state index contributed by atoms with van der Waals surface area (Å²) in [5.41, 5.74) is -0.639. The highest BCUT2D eigenvalue weighted by Crippen LogP contribution is 2.32. The maximum absolute atomic E-state index is 10.7. The van der Waals surface area contributed by atoms with Crippen LogP contribution in [0.4, 0.5) is 11.4 Å². The molecule has 0 aliphatic carbocycles. The van der Waals surface area contributed by atoms with Gasteiger partial charge in [0.2, 0.25) is 0 Å². The number of benzene rings is 1. The summed E-state index contributed by atoms with van der Waals surface area (Å²) in [5.74, 6) is 0. The van der Waals surface area contributed by atoms with Gasteiger partial charge < -0.3 is 4.18 Å². The van der Waals surface area contributed by atoms with E-state index in [9.17, 15) is 20.2 Å². The highest BCUT2D eigenvalue weighted by molar-refractivity contribution is 7.94. The normalized spacial score (nSPS) is 10.1. The third-order valence-corrected chi connectivity index (χ3v) is 2.49. The zero-order chi connectivity index (χ0) is 12.1. The van der Waals surface area contributed by atoms with Crippen molar-refractivity contribution in [3.05, 3.63) is 38.4 Å². The Balaban J connectivity index is 3.09. The first kappa shape index (κ1) is 12.4. The van der Waals surface area contributed by atoms with Crippen molar-refractivity contribution >= 4 is 23.4 Å². The molecule has 0 amide bonds. The van der Waals surface area contributed by atoms with Crippen LogP contribution < -0.4 is 0 Å². The molecule has 0 saturated heterocycles. The molecule has 0 radical (unpaired) electrons. The van der Waals surface area contributed by atoms with E-state index in [1.807, 2.05) is 0 Å². The maximum atomic E-state index is 10.7. The van der Waals surface area contributed by atoms with Crippen LogP contribution in [0.2, 0.25) is 0 Å². The number of nitro groups is 2. The Morgan fingerprint density at radius 3 is 2.50 bits per heavy atom. The number of rotatable bonds is 5. The second-order valence-corrected chi connectivity index (χ2v) is 3.50. The van der Waals surface area contributed by atoms with Crippen molar-refractivity contribution in [3.63, 3.8) is 0 Å². The van der Waals surface area contributed by atoms with Gasteiger partial charge in [-0.2, -0.15) is 0 Å². The molecule has 0 bridgehead atoms. The van der Waals surface area contributed by atoms with Crippen LogP contribution in [0.3, 0.4) is 0 Å². The molecule has 0 fully saturated rings. The molecule has 0 saturated carbocycles. The van der Waals surface area contributed by atoms with Gasteiger partial charge in [0.05, 0.1) is 22.5 Å². The molecule has 16 heavy (non-hydrogen) atoms. The van der Waals surface area contributed by atoms with Crippen LogP contribution >= 0.6 is 12.0 Å². The Hall–Kier alpha value is -1.67. The van der Waals surface area contributed by atoms with Crippen LogP contribution in [0.5, 0.6) is 0 Å². The van der Waals surface area contributed by atoms with Gasteiger partial charge in [-0.05, 0) is 13.0 Å². The van der Waals surface area contributed by atoms with Crippen molar-refractivity contribution in [2.45, 2.75) is 11.8 Å². The zero-order valence-electron chi connectivity index (χ0n) is 8.28. The quantitative estimate of drug-likeness (QED) is 0.448. The lowest BCUT2D eigenvalue weighted by Gasteiger charge is -2.01. The predicted octanol–water partition coefficient (Wildman–Crippen LogP) is 2.55. The van der Waals surface area contributed by atoms with Crippen LogP contribution in [0.15, 0.2) is 23.1 Å². The maximum Gasteiger partial charge on any atom is 0.292 e. The SMILES string of the molecule is CCOSc1ccc([N+](=O)[O-])cc1[N+](=O)[O-]. The number of hydrogen-bond acceptors (Lipinski definition) is 6. The third kappa shape index (κ3) is 2.91. The standard InChI is InChI=1S/C8H8N2O5S/c1-2-15-16-8-4-3-6(9(11)12)5-7(8)10(13)14/h3-5H,2H2,1H3. The summed E-state index contributed by atoms with van der Waals surface area (Å²) in [6.45, 7) is 2.13. The van der Waals surface area contributed by atoms with E-state index in [4.69, 9.17) is 4.18 Å². The molecule has 0 heterocycles. The van der Waals surface area contributed by atoms with Crippen molar-refractivity contribution in [1.82, 2.24) is 0 Å². The van der Waals surface area contributed by atoms with Crippen LogP contribution in [0, 0.1) is 20.2 Å². The van der Waals surface area contributed by atoms with Gasteiger partial charge in [0.1, 0.15) is 4.90 Å². The summed E-state index contributed by atoms with van der Waals surface area (Å²) < 4.78 is 4.95. The van der Waals surface area contributed by atoms with E-state index >= 15 is 0 Å². The first-order valence-electron chi connectivity index (χ1n) is 4.28. The van der Waals surface area contributed by atoms with Gasteiger partial charge in [-0.3, -0.25) is 20.2 Å². The summed E-state index contributed by atoms with van der Waals surface area (Å²) in [6, 6.07) is 3.42. The van der Waals surface area contributed by atoms with E-state index in [0.29, 0.717) is 6.61 Å². The van der Waals surface area contributed by atoms with Gasteiger partial charge in [0, 0.05) is 18.1 Å². The van der Waals surface area contributed by atoms with Crippen molar-refractivity contribution in [1.29, 1.82) is 0 Å². The van der Waals surface area contributed by atoms with Gasteiger partial charge >= 0.3 is 0 Å². The van der Waals surface area contributed by atoms with Crippen LogP contribution in [-0.4, -0.2) is 16.5 Å². The smallest absolute Gasteiger partial charge is 0.292 e. The van der Waals surface area contributed by atoms with Gasteiger partial charge in [-0.1, -0.05) is 0 Å². The molecular formula is C8H8N2O5S. The Morgan fingerprint density at radius 1 is 1.31 bits per heavy atom. The average Bonchev–Trinajstić information content (AvgIpc) is 2.25. The molecule has 0 atom stereocenters. The average molecular weight is 244 g/mol. The van der Waals surface area contributed by atoms with E-state index in [1.165, 1.54) is 12.1 Å². The molecular weight excluding hydrogens is 236 g/mol. The molecule has 1 rings (SSSR count). The van der Waals surface area contributed by atoms with Gasteiger partial charge in [-0.15, -0.1) is 0 Å². The van der Waals surface area contributed by atoms with Crippen LogP contribution in [0.1, 0.15) is 6.92 Å². The second-order valence-electron chi connectivity index (χ2n) is 2.66. The van der Waals surface area contributed by atoms with Crippen molar-refractivity contribution in [3.8, 4) is 0 Å². The second kappa shape index (κ2) is 5.42. The van der Waals surface area contributed by atoms with Crippen LogP contribution in [0.25, 0.3) is 0 Å². The minimum absolute atomic E-state index is 0.248. The molecule has 0 spiro atoms. The Bertz CT molecular complexity index is 423. The zero-order valence-corrected chi connectivity index (χ0v) is 9.10. The summed E-state index contributed by atoms with van der Waals surface area (Å²) in [4.78, 5) is 20.0. The monoisotopic (exact) mass is 244 g/mol. The highest BCUT2D eigenvalue weighted by atomic mass is 32.2. The molecule has 0 aliphatic heterocycles. The Labute approximate surface area is 94.9 Å². The molecule has 8 heteroatoms. The summed E-state index contributed by atoms with van der Waals surface area (Å²) in [6.07, 6.45) is 0. The molecule has 0 N–H and O–H groups in total. The van der Waals surface area contributed by atoms with E-state index in [-0.39, 0.29) is 16.3 Å². The van der Waals surface area contributed by atoms with Crippen molar-refractivity contribution in [2.75, 3.05) is 6.61 Å². The third-order valence-electron chi connectivity index (χ3n) is 1.62. The number of hydrogen-bond donors (Lipinski definition) is 0. The summed E-state index contributed by atoms with van der Waals surface area (Å²) in [5, 5.41) is 21.1. The van der Waals surface area contributed by atoms with Gasteiger partial charge in [0.25, 0.3) is 11.4 Å². The number of nitro benzene ring substituents is 2. The Kier molecular flexibility index (Phi) is 4.20. The lowest BCUT2D eigenvalue weighted by atomic mass is 10.3. The molecule has 7 nitrogen and oxygen atoms in total. The van der Waals surface area contributed by atoms with Crippen molar-refractivity contribution in [2.24, 2.45) is 0 Å². The minimum atomic E-state index is -0.678. The molecule has 0 aliphatic rings. The fourth-order valence-electron chi connectivity index (χ4n) is 0.955. The fraction of sp³-hybridized carbons (Fsp3) is 0.250. The number of nitrogens with zero attached hydrogens (tertiary/aromatic N) is 2. The first-order chi connectivity index (χ1) is 7.56. The van der Waals surface area contributed by atoms with E-state index in [0.717, 1.165) is 18.1 Å². The van der Waals surface area contributed by atoms with Crippen molar-refractivity contribution < 1.29 is 14.0 Å². The largest absolute Gasteiger partial charge is 0.310 e. The fourth-order valence-corrected chi connectivity index (χ4v) is 1.54. The Morgan fingerprint density at radius 2 is 2.00 bits per heavy atom. The molecule has 1 aromatic carbocycles. The molecule has 0 aromatic heterocycles. The molecule has 1 aromatic rings. The summed E-state index contributed by atoms with van der Waals surface area (Å²) >= 11 is 0.832. The van der Waals surface area contributed by atoms with Gasteiger partial charge in [-0.25, -0.2) is 0 Å². The molecule has 0 unspecified atom stereocenters. The molecule has 86 valence electrons. The lowest BCUT2D eigenvalue weighted by molar-refractivity contribution is -0.396. The predicted molar refractivity (Wildman–Crippen MR) is 57.2 cm³/mol. The topological polar surface area (TPSA) is 95.5 Å². The van der Waals surface area contributed by atoms with Gasteiger partial charge in [0.15, 0.2) is 0 Å². The van der Waals surface area contributed by atoms with E-state index in [2.05, 4.69) is 0 Å². The minimum Gasteiger partial charge on any atom is -0.310 e. The summed E-state index contributed by atoms with van der Waals surface area (Å²) in [7, 11) is 0. The van der Waals surface area contributed by atoms with Crippen LogP contribution in [-0.2, 0) is 4.18 Å². The first-order valence-corrected chi connectivity index (χ1v) is 5.02. The lowest BCUT2D eigenvalue weighted by Crippen LogP contribution is -1.94.